The molecule has 4 rings (SSSR count). The molecule has 0 saturated carbocycles. The van der Waals surface area contributed by atoms with Crippen molar-refractivity contribution in [1.82, 2.24) is 15.2 Å². The molecule has 1 aliphatic heterocycles. The smallest absolute Gasteiger partial charge is 0.235 e. The first-order valence-corrected chi connectivity index (χ1v) is 9.98. The Balaban J connectivity index is 1.78. The third kappa shape index (κ3) is 3.36. The molecule has 0 fully saturated rings. The number of nitrogens with zero attached hydrogens (tertiary/aromatic N) is 2. The van der Waals surface area contributed by atoms with E-state index in [9.17, 15) is 14.4 Å². The van der Waals surface area contributed by atoms with Crippen LogP contribution in [0.1, 0.15) is 33.7 Å². The molecule has 2 heterocycles. The third-order valence-corrected chi connectivity index (χ3v) is 5.52. The maximum atomic E-state index is 13.5. The van der Waals surface area contributed by atoms with Crippen molar-refractivity contribution in [2.24, 2.45) is 4.99 Å². The van der Waals surface area contributed by atoms with Gasteiger partial charge in [0.2, 0.25) is 11.6 Å². The lowest BCUT2D eigenvalue weighted by molar-refractivity contribution is -0.111. The molecular weight excluding hydrogens is 380 g/mol. The van der Waals surface area contributed by atoms with Crippen LogP contribution in [0.4, 0.5) is 0 Å². The number of aromatic nitrogens is 1. The van der Waals surface area contributed by atoms with Crippen LogP contribution in [0.2, 0.25) is 0 Å². The molecule has 30 heavy (non-hydrogen) atoms. The summed E-state index contributed by atoms with van der Waals surface area (Å²) in [5, 5.41) is 3.07. The second kappa shape index (κ2) is 7.93. The molecule has 0 radical (unpaired) electrons. The molecule has 154 valence electrons. The maximum absolute atomic E-state index is 13.5. The number of aliphatic imine (C=N–C) groups is 1. The first kappa shape index (κ1) is 20.1. The van der Waals surface area contributed by atoms with Gasteiger partial charge in [-0.2, -0.15) is 0 Å². The summed E-state index contributed by atoms with van der Waals surface area (Å²) in [5.41, 5.74) is 4.98. The normalized spacial score (nSPS) is 17.7. The molecule has 1 aromatic rings. The van der Waals surface area contributed by atoms with Crippen LogP contribution < -0.4 is 5.32 Å². The Labute approximate surface area is 174 Å². The third-order valence-electron chi connectivity index (χ3n) is 5.52. The summed E-state index contributed by atoms with van der Waals surface area (Å²) in [6, 6.07) is 0. The van der Waals surface area contributed by atoms with E-state index in [-0.39, 0.29) is 5.78 Å². The van der Waals surface area contributed by atoms with E-state index in [1.165, 1.54) is 6.08 Å². The summed E-state index contributed by atoms with van der Waals surface area (Å²) >= 11 is 0. The number of carbonyl (C=O) groups excluding carboxylic acids is 3. The lowest BCUT2D eigenvalue weighted by atomic mass is 9.87. The molecular formula is C23H24N4O3. The van der Waals surface area contributed by atoms with Crippen LogP contribution in [-0.4, -0.2) is 67.7 Å². The lowest BCUT2D eigenvalue weighted by Gasteiger charge is -2.16. The average molecular weight is 404 g/mol. The molecule has 0 spiro atoms. The Morgan fingerprint density at radius 2 is 1.87 bits per heavy atom. The SMILES string of the molecule is CNCCc1c(C2=CC=C3N=CC(CCN(C)C)=C3C2=O)[nH]c2c1C(=O)C(=O)C=C2. The number of nitrogens with one attached hydrogen (secondary N) is 2. The van der Waals surface area contributed by atoms with Crippen molar-refractivity contribution in [2.45, 2.75) is 12.8 Å². The number of hydrogen-bond donors (Lipinski definition) is 2. The van der Waals surface area contributed by atoms with Gasteiger partial charge in [0, 0.05) is 18.3 Å². The van der Waals surface area contributed by atoms with Crippen LogP contribution in [0.15, 0.2) is 40.1 Å². The maximum Gasteiger partial charge on any atom is 0.235 e. The molecule has 0 bridgehead atoms. The Hall–Kier alpha value is -3.16. The fourth-order valence-electron chi connectivity index (χ4n) is 3.97. The van der Waals surface area contributed by atoms with Crippen LogP contribution >= 0.6 is 0 Å². The molecule has 1 aromatic heterocycles. The van der Waals surface area contributed by atoms with Crippen LogP contribution in [-0.2, 0) is 16.0 Å². The highest BCUT2D eigenvalue weighted by Crippen LogP contribution is 2.37. The van der Waals surface area contributed by atoms with E-state index in [0.29, 0.717) is 52.3 Å². The second-order valence-electron chi connectivity index (χ2n) is 7.82. The van der Waals surface area contributed by atoms with Crippen molar-refractivity contribution in [3.8, 4) is 0 Å². The van der Waals surface area contributed by atoms with Gasteiger partial charge >= 0.3 is 0 Å². The first-order chi connectivity index (χ1) is 14.4. The predicted molar refractivity (Wildman–Crippen MR) is 117 cm³/mol. The zero-order valence-electron chi connectivity index (χ0n) is 17.3. The zero-order chi connectivity index (χ0) is 21.4. The average Bonchev–Trinajstić information content (AvgIpc) is 3.30. The molecule has 2 aliphatic carbocycles. The van der Waals surface area contributed by atoms with Gasteiger partial charge in [0.15, 0.2) is 5.78 Å². The number of Topliss-reactive ketones (excluding diaryl/α,β-unsaturated/α-hetero) is 2. The number of rotatable bonds is 7. The van der Waals surface area contributed by atoms with Crippen molar-refractivity contribution in [2.75, 3.05) is 34.2 Å². The summed E-state index contributed by atoms with van der Waals surface area (Å²) in [5.74, 6) is -1.18. The fraction of sp³-hybridized carbons (Fsp3) is 0.304. The van der Waals surface area contributed by atoms with E-state index >= 15 is 0 Å². The van der Waals surface area contributed by atoms with Crippen molar-refractivity contribution in [3.63, 3.8) is 0 Å². The number of ketones is 3. The molecule has 7 heteroatoms. The summed E-state index contributed by atoms with van der Waals surface area (Å²) in [6.07, 6.45) is 9.50. The molecule has 0 saturated heterocycles. The molecule has 0 atom stereocenters. The minimum Gasteiger partial charge on any atom is -0.354 e. The molecule has 3 aliphatic rings. The Morgan fingerprint density at radius 1 is 1.07 bits per heavy atom. The van der Waals surface area contributed by atoms with Gasteiger partial charge in [-0.3, -0.25) is 19.4 Å². The van der Waals surface area contributed by atoms with Gasteiger partial charge in [-0.15, -0.1) is 0 Å². The highest BCUT2D eigenvalue weighted by molar-refractivity contribution is 6.50. The largest absolute Gasteiger partial charge is 0.354 e. The Kier molecular flexibility index (Phi) is 5.32. The van der Waals surface area contributed by atoms with E-state index in [1.54, 1.807) is 18.4 Å². The van der Waals surface area contributed by atoms with E-state index < -0.39 is 11.6 Å². The second-order valence-corrected chi connectivity index (χ2v) is 7.82. The Morgan fingerprint density at radius 3 is 2.60 bits per heavy atom. The Bertz CT molecular complexity index is 1110. The van der Waals surface area contributed by atoms with Crippen LogP contribution in [0, 0.1) is 0 Å². The monoisotopic (exact) mass is 404 g/mol. The predicted octanol–water partition coefficient (Wildman–Crippen LogP) is 1.74. The van der Waals surface area contributed by atoms with Gasteiger partial charge in [-0.25, -0.2) is 0 Å². The quantitative estimate of drug-likeness (QED) is 0.675. The standard InChI is InChI=1S/C23H24N4O3/c1-24-10-8-14-20-17(6-7-18(28)23(20)30)26-21(14)15-4-5-16-19(22(15)29)13(12-25-16)9-11-27(2)3/h4-7,12,24,26H,8-11H2,1-3H3. The number of allylic oxidation sites excluding steroid dienone is 5. The number of aromatic amines is 1. The summed E-state index contributed by atoms with van der Waals surface area (Å²) in [6.45, 7) is 1.43. The highest BCUT2D eigenvalue weighted by atomic mass is 16.2. The molecule has 0 amide bonds. The van der Waals surface area contributed by atoms with Gasteiger partial charge in [0.05, 0.1) is 28.2 Å². The molecule has 0 aromatic carbocycles. The van der Waals surface area contributed by atoms with Gasteiger partial charge < -0.3 is 15.2 Å². The van der Waals surface area contributed by atoms with Crippen LogP contribution in [0.5, 0.6) is 0 Å². The van der Waals surface area contributed by atoms with Crippen LogP contribution in [0.25, 0.3) is 11.6 Å². The highest BCUT2D eigenvalue weighted by Gasteiger charge is 2.34. The number of fused-ring (bicyclic) bond motifs is 2. The van der Waals surface area contributed by atoms with E-state index in [2.05, 4.69) is 20.2 Å². The van der Waals surface area contributed by atoms with Crippen molar-refractivity contribution in [3.05, 3.63) is 57.6 Å². The van der Waals surface area contributed by atoms with E-state index in [4.69, 9.17) is 0 Å². The number of likely N-dealkylation sites (N-methyl/N-ethyl adjacent to an activating group) is 1. The molecule has 2 N–H and O–H groups in total. The van der Waals surface area contributed by atoms with Gasteiger partial charge in [-0.1, -0.05) is 0 Å². The topological polar surface area (TPSA) is 94.6 Å². The zero-order valence-corrected chi connectivity index (χ0v) is 17.3. The van der Waals surface area contributed by atoms with Crippen molar-refractivity contribution < 1.29 is 14.4 Å². The molecule has 0 unspecified atom stereocenters. The number of H-pyrrole nitrogens is 1. The van der Waals surface area contributed by atoms with E-state index in [0.717, 1.165) is 18.5 Å². The van der Waals surface area contributed by atoms with Gasteiger partial charge in [0.1, 0.15) is 0 Å². The molecule has 7 nitrogen and oxygen atoms in total. The minimum atomic E-state index is -0.539. The number of carbonyl (C=O) groups is 3. The lowest BCUT2D eigenvalue weighted by Crippen LogP contribution is -2.20. The van der Waals surface area contributed by atoms with Crippen molar-refractivity contribution in [1.29, 1.82) is 0 Å². The minimum absolute atomic E-state index is 0.106. The van der Waals surface area contributed by atoms with Crippen LogP contribution in [0.3, 0.4) is 0 Å². The fourth-order valence-corrected chi connectivity index (χ4v) is 3.97. The van der Waals surface area contributed by atoms with Gasteiger partial charge in [0.25, 0.3) is 0 Å². The summed E-state index contributed by atoms with van der Waals surface area (Å²) in [7, 11) is 5.81. The number of hydrogen-bond acceptors (Lipinski definition) is 6. The van der Waals surface area contributed by atoms with Gasteiger partial charge in [-0.05, 0) is 76.0 Å². The van der Waals surface area contributed by atoms with Crippen molar-refractivity contribution >= 4 is 35.2 Å². The summed E-state index contributed by atoms with van der Waals surface area (Å²) < 4.78 is 0. The van der Waals surface area contributed by atoms with E-state index in [1.807, 2.05) is 27.2 Å². The summed E-state index contributed by atoms with van der Waals surface area (Å²) in [4.78, 5) is 47.7. The first-order valence-electron chi connectivity index (χ1n) is 9.98.